The third-order valence-corrected chi connectivity index (χ3v) is 4.12. The van der Waals surface area contributed by atoms with E-state index in [0.29, 0.717) is 5.69 Å². The zero-order chi connectivity index (χ0) is 13.9. The Balaban J connectivity index is 2.84. The summed E-state index contributed by atoms with van der Waals surface area (Å²) in [7, 11) is 0. The molecule has 6 heteroatoms. The first kappa shape index (κ1) is 15.0. The summed E-state index contributed by atoms with van der Waals surface area (Å²) in [6.45, 7) is 3.87. The van der Waals surface area contributed by atoms with E-state index in [0.717, 1.165) is 0 Å². The van der Waals surface area contributed by atoms with E-state index in [1.165, 1.54) is 12.1 Å². The molecule has 0 fully saturated rings. The van der Waals surface area contributed by atoms with Gasteiger partial charge in [-0.15, -0.1) is 0 Å². The molecule has 0 saturated heterocycles. The fourth-order valence-corrected chi connectivity index (χ4v) is 1.69. The van der Waals surface area contributed by atoms with Gasteiger partial charge in [-0.25, -0.2) is 0 Å². The molecule has 1 rings (SSSR count). The highest BCUT2D eigenvalue weighted by atomic mass is 79.9. The van der Waals surface area contributed by atoms with Crippen molar-refractivity contribution in [1.29, 1.82) is 0 Å². The Kier molecular flexibility index (Phi) is 5.16. The standard InChI is InChI=1S/C12H14BrClN2O2/c1-6(2)10(13)12(18)16-7-3-4-8(11(15)17)9(14)5-7/h3-6,10H,1-2H3,(H2,15,17)(H,16,18). The quantitative estimate of drug-likeness (QED) is 0.832. The van der Waals surface area contributed by atoms with Crippen molar-refractivity contribution in [1.82, 2.24) is 0 Å². The smallest absolute Gasteiger partial charge is 0.250 e. The lowest BCUT2D eigenvalue weighted by molar-refractivity contribution is -0.116. The largest absolute Gasteiger partial charge is 0.366 e. The van der Waals surface area contributed by atoms with Gasteiger partial charge in [-0.1, -0.05) is 41.4 Å². The fraction of sp³-hybridized carbons (Fsp3) is 0.333. The summed E-state index contributed by atoms with van der Waals surface area (Å²) in [4.78, 5) is 22.5. The average Bonchev–Trinajstić information content (AvgIpc) is 2.27. The SMILES string of the molecule is CC(C)C(Br)C(=O)Nc1ccc(C(N)=O)c(Cl)c1. The monoisotopic (exact) mass is 332 g/mol. The minimum atomic E-state index is -0.599. The first-order valence-corrected chi connectivity index (χ1v) is 6.66. The molecule has 0 bridgehead atoms. The molecule has 3 N–H and O–H groups in total. The van der Waals surface area contributed by atoms with Crippen molar-refractivity contribution in [3.63, 3.8) is 0 Å². The molecule has 4 nitrogen and oxygen atoms in total. The van der Waals surface area contributed by atoms with Crippen LogP contribution < -0.4 is 11.1 Å². The molecule has 1 aromatic carbocycles. The second kappa shape index (κ2) is 6.20. The van der Waals surface area contributed by atoms with Crippen LogP contribution in [0, 0.1) is 5.92 Å². The molecule has 0 aliphatic heterocycles. The van der Waals surface area contributed by atoms with Gasteiger partial charge in [0.2, 0.25) is 11.8 Å². The average molecular weight is 334 g/mol. The lowest BCUT2D eigenvalue weighted by Gasteiger charge is -2.14. The first-order valence-electron chi connectivity index (χ1n) is 5.37. The molecule has 98 valence electrons. The fourth-order valence-electron chi connectivity index (χ4n) is 1.31. The molecule has 18 heavy (non-hydrogen) atoms. The molecule has 1 atom stereocenters. The Morgan fingerprint density at radius 1 is 1.39 bits per heavy atom. The number of rotatable bonds is 4. The van der Waals surface area contributed by atoms with Crippen molar-refractivity contribution < 1.29 is 9.59 Å². The number of amides is 2. The van der Waals surface area contributed by atoms with Crippen LogP contribution in [-0.2, 0) is 4.79 Å². The van der Waals surface area contributed by atoms with E-state index in [2.05, 4.69) is 21.2 Å². The van der Waals surface area contributed by atoms with Crippen molar-refractivity contribution >= 4 is 45.0 Å². The molecule has 1 unspecified atom stereocenters. The maximum atomic E-state index is 11.8. The summed E-state index contributed by atoms with van der Waals surface area (Å²) in [5.41, 5.74) is 5.89. The normalized spacial score (nSPS) is 12.3. The number of hydrogen-bond acceptors (Lipinski definition) is 2. The van der Waals surface area contributed by atoms with Gasteiger partial charge in [0.15, 0.2) is 0 Å². The van der Waals surface area contributed by atoms with E-state index in [4.69, 9.17) is 17.3 Å². The number of anilines is 1. The van der Waals surface area contributed by atoms with Crippen LogP contribution in [0.3, 0.4) is 0 Å². The summed E-state index contributed by atoms with van der Waals surface area (Å²) in [5, 5.41) is 2.93. The lowest BCUT2D eigenvalue weighted by Crippen LogP contribution is -2.27. The molecule has 0 radical (unpaired) electrons. The summed E-state index contributed by atoms with van der Waals surface area (Å²) in [6.07, 6.45) is 0. The van der Waals surface area contributed by atoms with Gasteiger partial charge in [0, 0.05) is 5.69 Å². The minimum Gasteiger partial charge on any atom is -0.366 e. The second-order valence-electron chi connectivity index (χ2n) is 4.19. The molecule has 2 amide bonds. The van der Waals surface area contributed by atoms with Gasteiger partial charge >= 0.3 is 0 Å². The number of carbonyl (C=O) groups is 2. The van der Waals surface area contributed by atoms with E-state index in [-0.39, 0.29) is 27.2 Å². The van der Waals surface area contributed by atoms with Gasteiger partial charge in [-0.2, -0.15) is 0 Å². The van der Waals surface area contributed by atoms with E-state index in [1.807, 2.05) is 13.8 Å². The lowest BCUT2D eigenvalue weighted by atomic mass is 10.1. The third-order valence-electron chi connectivity index (χ3n) is 2.34. The number of nitrogens with one attached hydrogen (secondary N) is 1. The molecule has 0 aliphatic carbocycles. The van der Waals surface area contributed by atoms with Gasteiger partial charge < -0.3 is 11.1 Å². The summed E-state index contributed by atoms with van der Waals surface area (Å²) in [5.74, 6) is -0.586. The van der Waals surface area contributed by atoms with Gasteiger partial charge in [0.25, 0.3) is 0 Å². The predicted octanol–water partition coefficient (Wildman–Crippen LogP) is 2.80. The van der Waals surface area contributed by atoms with Crippen molar-refractivity contribution in [2.45, 2.75) is 18.7 Å². The van der Waals surface area contributed by atoms with Crippen LogP contribution in [0.15, 0.2) is 18.2 Å². The van der Waals surface area contributed by atoms with E-state index < -0.39 is 5.91 Å². The van der Waals surface area contributed by atoms with Crippen LogP contribution in [-0.4, -0.2) is 16.6 Å². The van der Waals surface area contributed by atoms with Gasteiger partial charge in [-0.3, -0.25) is 9.59 Å². The van der Waals surface area contributed by atoms with Crippen molar-refractivity contribution in [2.24, 2.45) is 11.7 Å². The number of benzene rings is 1. The Morgan fingerprint density at radius 2 is 2.00 bits per heavy atom. The van der Waals surface area contributed by atoms with Gasteiger partial charge in [0.1, 0.15) is 0 Å². The minimum absolute atomic E-state index is 0.159. The van der Waals surface area contributed by atoms with E-state index >= 15 is 0 Å². The second-order valence-corrected chi connectivity index (χ2v) is 5.59. The topological polar surface area (TPSA) is 72.2 Å². The highest BCUT2D eigenvalue weighted by molar-refractivity contribution is 9.10. The zero-order valence-electron chi connectivity index (χ0n) is 10.0. The summed E-state index contributed by atoms with van der Waals surface area (Å²) < 4.78 is 0. The van der Waals surface area contributed by atoms with Crippen LogP contribution in [0.1, 0.15) is 24.2 Å². The molecule has 0 aliphatic rings. The maximum absolute atomic E-state index is 11.8. The Bertz CT molecular complexity index is 477. The number of alkyl halides is 1. The van der Waals surface area contributed by atoms with Crippen LogP contribution in [0.4, 0.5) is 5.69 Å². The highest BCUT2D eigenvalue weighted by Gasteiger charge is 2.19. The van der Waals surface area contributed by atoms with Crippen LogP contribution >= 0.6 is 27.5 Å². The zero-order valence-corrected chi connectivity index (χ0v) is 12.4. The van der Waals surface area contributed by atoms with Crippen molar-refractivity contribution in [2.75, 3.05) is 5.32 Å². The molecule has 0 heterocycles. The summed E-state index contributed by atoms with van der Waals surface area (Å²) in [6, 6.07) is 4.57. The first-order chi connectivity index (χ1) is 8.32. The number of hydrogen-bond donors (Lipinski definition) is 2. The number of nitrogens with two attached hydrogens (primary N) is 1. The van der Waals surface area contributed by atoms with E-state index in [9.17, 15) is 9.59 Å². The highest BCUT2D eigenvalue weighted by Crippen LogP contribution is 2.22. The number of halogens is 2. The maximum Gasteiger partial charge on any atom is 0.250 e. The van der Waals surface area contributed by atoms with Crippen LogP contribution in [0.5, 0.6) is 0 Å². The molecule has 0 saturated carbocycles. The summed E-state index contributed by atoms with van der Waals surface area (Å²) >= 11 is 9.19. The number of primary amides is 1. The predicted molar refractivity (Wildman–Crippen MR) is 76.2 cm³/mol. The van der Waals surface area contributed by atoms with Gasteiger partial charge in [-0.05, 0) is 24.1 Å². The molecular weight excluding hydrogens is 320 g/mol. The Hall–Kier alpha value is -1.07. The molecule has 1 aromatic rings. The Morgan fingerprint density at radius 3 is 2.44 bits per heavy atom. The van der Waals surface area contributed by atoms with E-state index in [1.54, 1.807) is 6.07 Å². The van der Waals surface area contributed by atoms with Gasteiger partial charge in [0.05, 0.1) is 15.4 Å². The van der Waals surface area contributed by atoms with Crippen LogP contribution in [0.2, 0.25) is 5.02 Å². The third kappa shape index (κ3) is 3.71. The number of carbonyl (C=O) groups excluding carboxylic acids is 2. The van der Waals surface area contributed by atoms with Crippen molar-refractivity contribution in [3.05, 3.63) is 28.8 Å². The van der Waals surface area contributed by atoms with Crippen molar-refractivity contribution in [3.8, 4) is 0 Å². The van der Waals surface area contributed by atoms with Crippen LogP contribution in [0.25, 0.3) is 0 Å². The molecule has 0 spiro atoms. The molecular formula is C12H14BrClN2O2. The molecule has 0 aromatic heterocycles. The Labute approximate surface area is 119 Å².